The third-order valence-electron chi connectivity index (χ3n) is 4.26. The summed E-state index contributed by atoms with van der Waals surface area (Å²) in [7, 11) is 0. The molecular weight excluding hydrogens is 379 g/mol. The van der Waals surface area contributed by atoms with Gasteiger partial charge in [0.25, 0.3) is 5.91 Å². The first-order valence-corrected chi connectivity index (χ1v) is 9.06. The summed E-state index contributed by atoms with van der Waals surface area (Å²) in [5.41, 5.74) is -0.0427. The summed E-state index contributed by atoms with van der Waals surface area (Å²) in [6.07, 6.45) is -3.27. The van der Waals surface area contributed by atoms with Crippen molar-refractivity contribution < 1.29 is 22.7 Å². The monoisotopic (exact) mass is 393 g/mol. The molecule has 0 saturated carbocycles. The third-order valence-corrected chi connectivity index (χ3v) is 5.28. The number of halogens is 3. The lowest BCUT2D eigenvalue weighted by Crippen LogP contribution is -2.31. The highest BCUT2D eigenvalue weighted by Crippen LogP contribution is 2.31. The number of hydrogen-bond acceptors (Lipinski definition) is 5. The van der Waals surface area contributed by atoms with Gasteiger partial charge in [-0.2, -0.15) is 13.2 Å². The summed E-state index contributed by atoms with van der Waals surface area (Å²) in [5.74, 6) is -0.289. The number of para-hydroxylation sites is 1. The Morgan fingerprint density at radius 3 is 2.85 bits per heavy atom. The van der Waals surface area contributed by atoms with Gasteiger partial charge in [-0.25, -0.2) is 9.97 Å². The van der Waals surface area contributed by atoms with Gasteiger partial charge in [-0.3, -0.25) is 4.79 Å². The van der Waals surface area contributed by atoms with Crippen LogP contribution in [0.5, 0.6) is 5.88 Å². The number of ether oxygens (including phenoxy) is 1. The normalized spacial score (nSPS) is 17.4. The topological polar surface area (TPSA) is 55.3 Å². The van der Waals surface area contributed by atoms with Crippen LogP contribution in [-0.2, 0) is 6.18 Å². The van der Waals surface area contributed by atoms with Crippen molar-refractivity contribution in [3.8, 4) is 5.88 Å². The van der Waals surface area contributed by atoms with E-state index in [1.54, 1.807) is 4.90 Å². The number of alkyl halides is 3. The maximum Gasteiger partial charge on any atom is 0.416 e. The summed E-state index contributed by atoms with van der Waals surface area (Å²) < 4.78 is 44.8. The Balaban J connectivity index is 1.43. The molecule has 1 fully saturated rings. The second-order valence-corrected chi connectivity index (χ2v) is 7.18. The second-order valence-electron chi connectivity index (χ2n) is 6.15. The number of benzene rings is 1. The SMILES string of the molecule is O=C(c1nc2ccccc2s1)N1CCC(Oc2cc(C(F)(F)F)ccn2)C1. The van der Waals surface area contributed by atoms with E-state index in [4.69, 9.17) is 4.74 Å². The summed E-state index contributed by atoms with van der Waals surface area (Å²) in [4.78, 5) is 22.5. The molecule has 9 heteroatoms. The minimum absolute atomic E-state index is 0.0934. The highest BCUT2D eigenvalue weighted by molar-refractivity contribution is 7.20. The van der Waals surface area contributed by atoms with Crippen LogP contribution in [0.4, 0.5) is 13.2 Å². The van der Waals surface area contributed by atoms with E-state index in [2.05, 4.69) is 9.97 Å². The first kappa shape index (κ1) is 17.7. The predicted octanol–water partition coefficient (Wildman–Crippen LogP) is 4.00. The number of pyridine rings is 1. The van der Waals surface area contributed by atoms with Crippen molar-refractivity contribution in [2.24, 2.45) is 0 Å². The Kier molecular flexibility index (Phi) is 4.47. The molecule has 0 bridgehead atoms. The number of rotatable bonds is 3. The van der Waals surface area contributed by atoms with Crippen molar-refractivity contribution in [2.75, 3.05) is 13.1 Å². The van der Waals surface area contributed by atoms with Crippen molar-refractivity contribution in [3.05, 3.63) is 53.2 Å². The molecule has 2 aromatic heterocycles. The van der Waals surface area contributed by atoms with Crippen LogP contribution in [-0.4, -0.2) is 40.0 Å². The fraction of sp³-hybridized carbons (Fsp3) is 0.278. The number of likely N-dealkylation sites (tertiary alicyclic amines) is 1. The van der Waals surface area contributed by atoms with Crippen molar-refractivity contribution in [3.63, 3.8) is 0 Å². The molecule has 0 spiro atoms. The Bertz CT molecular complexity index is 956. The summed E-state index contributed by atoms with van der Waals surface area (Å²) in [5, 5.41) is 0.397. The lowest BCUT2D eigenvalue weighted by Gasteiger charge is -2.16. The molecule has 1 unspecified atom stereocenters. The summed E-state index contributed by atoms with van der Waals surface area (Å²) >= 11 is 1.32. The van der Waals surface area contributed by atoms with Crippen LogP contribution in [0.25, 0.3) is 10.2 Å². The van der Waals surface area contributed by atoms with Gasteiger partial charge < -0.3 is 9.64 Å². The van der Waals surface area contributed by atoms with Gasteiger partial charge in [0, 0.05) is 25.2 Å². The maximum absolute atomic E-state index is 12.8. The molecule has 5 nitrogen and oxygen atoms in total. The number of aromatic nitrogens is 2. The van der Waals surface area contributed by atoms with Gasteiger partial charge in [-0.05, 0) is 18.2 Å². The number of nitrogens with zero attached hydrogens (tertiary/aromatic N) is 3. The van der Waals surface area contributed by atoms with E-state index in [0.717, 1.165) is 28.5 Å². The average molecular weight is 393 g/mol. The van der Waals surface area contributed by atoms with Crippen molar-refractivity contribution in [1.29, 1.82) is 0 Å². The van der Waals surface area contributed by atoms with Gasteiger partial charge in [-0.15, -0.1) is 11.3 Å². The van der Waals surface area contributed by atoms with E-state index in [-0.39, 0.29) is 18.3 Å². The number of hydrogen-bond donors (Lipinski definition) is 0. The minimum Gasteiger partial charge on any atom is -0.472 e. The lowest BCUT2D eigenvalue weighted by molar-refractivity contribution is -0.137. The average Bonchev–Trinajstić information content (AvgIpc) is 3.27. The summed E-state index contributed by atoms with van der Waals surface area (Å²) in [6.45, 7) is 0.741. The Hall–Kier alpha value is -2.68. The number of fused-ring (bicyclic) bond motifs is 1. The van der Waals surface area contributed by atoms with Gasteiger partial charge in [0.1, 0.15) is 6.10 Å². The van der Waals surface area contributed by atoms with Gasteiger partial charge >= 0.3 is 6.18 Å². The molecular formula is C18H14F3N3O2S. The fourth-order valence-corrected chi connectivity index (χ4v) is 3.86. The molecule has 1 aliphatic heterocycles. The third kappa shape index (κ3) is 3.73. The molecule has 3 heterocycles. The lowest BCUT2D eigenvalue weighted by atomic mass is 10.2. The number of thiazole rings is 1. The van der Waals surface area contributed by atoms with Crippen LogP contribution in [0.2, 0.25) is 0 Å². The van der Waals surface area contributed by atoms with E-state index in [9.17, 15) is 18.0 Å². The first-order valence-electron chi connectivity index (χ1n) is 8.25. The molecule has 1 atom stereocenters. The highest BCUT2D eigenvalue weighted by atomic mass is 32.1. The molecule has 1 amide bonds. The Labute approximate surface area is 156 Å². The molecule has 27 heavy (non-hydrogen) atoms. The zero-order valence-electron chi connectivity index (χ0n) is 13.9. The van der Waals surface area contributed by atoms with Gasteiger partial charge in [0.2, 0.25) is 5.88 Å². The fourth-order valence-electron chi connectivity index (χ4n) is 2.93. The number of carbonyl (C=O) groups excluding carboxylic acids is 1. The van der Waals surface area contributed by atoms with E-state index in [0.29, 0.717) is 18.0 Å². The van der Waals surface area contributed by atoms with Crippen molar-refractivity contribution in [2.45, 2.75) is 18.7 Å². The van der Waals surface area contributed by atoms with E-state index < -0.39 is 17.8 Å². The first-order chi connectivity index (χ1) is 12.9. The van der Waals surface area contributed by atoms with E-state index >= 15 is 0 Å². The zero-order chi connectivity index (χ0) is 19.0. The molecule has 140 valence electrons. The quantitative estimate of drug-likeness (QED) is 0.675. The molecule has 0 radical (unpaired) electrons. The molecule has 0 N–H and O–H groups in total. The van der Waals surface area contributed by atoms with Crippen molar-refractivity contribution >= 4 is 27.5 Å². The van der Waals surface area contributed by atoms with Crippen LogP contribution >= 0.6 is 11.3 Å². The molecule has 0 aliphatic carbocycles. The van der Waals surface area contributed by atoms with Crippen LogP contribution in [0.1, 0.15) is 21.8 Å². The summed E-state index contributed by atoms with van der Waals surface area (Å²) in [6, 6.07) is 9.26. The highest BCUT2D eigenvalue weighted by Gasteiger charge is 2.33. The van der Waals surface area contributed by atoms with Gasteiger partial charge in [-0.1, -0.05) is 12.1 Å². The smallest absolute Gasteiger partial charge is 0.416 e. The molecule has 1 saturated heterocycles. The van der Waals surface area contributed by atoms with Crippen LogP contribution < -0.4 is 4.74 Å². The Morgan fingerprint density at radius 2 is 2.07 bits per heavy atom. The minimum atomic E-state index is -4.45. The van der Waals surface area contributed by atoms with Gasteiger partial charge in [0.15, 0.2) is 5.01 Å². The van der Waals surface area contributed by atoms with Gasteiger partial charge in [0.05, 0.1) is 22.3 Å². The van der Waals surface area contributed by atoms with E-state index in [1.807, 2.05) is 24.3 Å². The standard InChI is InChI=1S/C18H14F3N3O2S/c19-18(20,21)11-5-7-22-15(9-11)26-12-6-8-24(10-12)17(25)16-23-13-3-1-2-4-14(13)27-16/h1-5,7,9,12H,6,8,10H2. The molecule has 4 rings (SSSR count). The van der Waals surface area contributed by atoms with Crippen molar-refractivity contribution in [1.82, 2.24) is 14.9 Å². The predicted molar refractivity (Wildman–Crippen MR) is 93.8 cm³/mol. The number of carbonyl (C=O) groups is 1. The molecule has 1 aromatic carbocycles. The van der Waals surface area contributed by atoms with Crippen LogP contribution in [0.3, 0.4) is 0 Å². The second kappa shape index (κ2) is 6.80. The van der Waals surface area contributed by atoms with E-state index in [1.165, 1.54) is 11.3 Å². The zero-order valence-corrected chi connectivity index (χ0v) is 14.8. The number of amides is 1. The maximum atomic E-state index is 12.8. The molecule has 1 aliphatic rings. The Morgan fingerprint density at radius 1 is 1.26 bits per heavy atom. The molecule has 3 aromatic rings. The van der Waals surface area contributed by atoms with Crippen LogP contribution in [0.15, 0.2) is 42.6 Å². The largest absolute Gasteiger partial charge is 0.472 e. The van der Waals surface area contributed by atoms with Crippen LogP contribution in [0, 0.1) is 0 Å².